The van der Waals surface area contributed by atoms with Crippen molar-refractivity contribution < 1.29 is 9.53 Å². The van der Waals surface area contributed by atoms with E-state index in [4.69, 9.17) is 4.74 Å². The minimum absolute atomic E-state index is 0.107. The minimum atomic E-state index is -0.298. The van der Waals surface area contributed by atoms with Crippen molar-refractivity contribution in [3.8, 4) is 11.8 Å². The summed E-state index contributed by atoms with van der Waals surface area (Å²) in [7, 11) is 1.57. The van der Waals surface area contributed by atoms with Crippen LogP contribution in [-0.2, 0) is 0 Å². The molecule has 3 aromatic carbocycles. The molecule has 0 unspecified atom stereocenters. The van der Waals surface area contributed by atoms with Crippen LogP contribution in [0.2, 0.25) is 0 Å². The molecule has 3 nitrogen and oxygen atoms in total. The van der Waals surface area contributed by atoms with Crippen LogP contribution in [0.3, 0.4) is 0 Å². The van der Waals surface area contributed by atoms with Gasteiger partial charge in [-0.3, -0.25) is 4.79 Å². The van der Waals surface area contributed by atoms with Gasteiger partial charge in [-0.05, 0) is 52.7 Å². The molecule has 0 aliphatic carbocycles. The average Bonchev–Trinajstić information content (AvgIpc) is 2.65. The third kappa shape index (κ3) is 3.18. The summed E-state index contributed by atoms with van der Waals surface area (Å²) in [5.41, 5.74) is 1.40. The summed E-state index contributed by atoms with van der Waals surface area (Å²) < 4.78 is 5.08. The highest BCUT2D eigenvalue weighted by atomic mass is 16.5. The molecule has 0 heterocycles. The second-order valence-corrected chi connectivity index (χ2v) is 5.33. The quantitative estimate of drug-likeness (QED) is 0.400. The van der Waals surface area contributed by atoms with E-state index in [-0.39, 0.29) is 11.4 Å². The van der Waals surface area contributed by atoms with Crippen LogP contribution in [0.1, 0.15) is 15.9 Å². The number of fused-ring (bicyclic) bond motifs is 1. The normalized spacial score (nSPS) is 11.1. The maximum atomic E-state index is 12.5. The molecule has 0 saturated carbocycles. The second kappa shape index (κ2) is 6.80. The lowest BCUT2D eigenvalue weighted by atomic mass is 10.0. The lowest BCUT2D eigenvalue weighted by molar-refractivity contribution is 0.104. The van der Waals surface area contributed by atoms with E-state index >= 15 is 0 Å². The molecule has 3 aromatic rings. The number of methoxy groups -OCH3 is 1. The van der Waals surface area contributed by atoms with E-state index in [0.29, 0.717) is 11.3 Å². The van der Waals surface area contributed by atoms with Crippen LogP contribution in [0, 0.1) is 11.3 Å². The summed E-state index contributed by atoms with van der Waals surface area (Å²) >= 11 is 0. The zero-order valence-electron chi connectivity index (χ0n) is 13.2. The van der Waals surface area contributed by atoms with Crippen molar-refractivity contribution in [3.05, 3.63) is 83.4 Å². The number of Topliss-reactive ketones (excluding diaryl/α,β-unsaturated/α-hetero) is 1. The van der Waals surface area contributed by atoms with E-state index in [1.165, 1.54) is 0 Å². The Bertz CT molecular complexity index is 963. The van der Waals surface area contributed by atoms with E-state index in [9.17, 15) is 10.1 Å². The van der Waals surface area contributed by atoms with Gasteiger partial charge in [0.2, 0.25) is 5.78 Å². The summed E-state index contributed by atoms with van der Waals surface area (Å²) in [6, 6.07) is 22.6. The molecule has 0 saturated heterocycles. The molecule has 0 spiro atoms. The molecule has 0 amide bonds. The SMILES string of the molecule is COc1ccc(C(=O)/C(C#N)=C/c2ccc3ccccc3c2)cc1. The number of nitrogens with zero attached hydrogens (tertiary/aromatic N) is 1. The van der Waals surface area contributed by atoms with Crippen molar-refractivity contribution >= 4 is 22.6 Å². The number of carbonyl (C=O) groups excluding carboxylic acids is 1. The van der Waals surface area contributed by atoms with Crippen molar-refractivity contribution in [2.24, 2.45) is 0 Å². The number of ketones is 1. The summed E-state index contributed by atoms with van der Waals surface area (Å²) in [6.45, 7) is 0. The van der Waals surface area contributed by atoms with Gasteiger partial charge in [0.15, 0.2) is 0 Å². The monoisotopic (exact) mass is 313 g/mol. The van der Waals surface area contributed by atoms with Gasteiger partial charge in [0.1, 0.15) is 17.4 Å². The predicted octanol–water partition coefficient (Wildman–Crippen LogP) is 4.64. The van der Waals surface area contributed by atoms with Crippen molar-refractivity contribution in [3.63, 3.8) is 0 Å². The molecule has 3 rings (SSSR count). The lowest BCUT2D eigenvalue weighted by Crippen LogP contribution is -2.01. The zero-order chi connectivity index (χ0) is 16.9. The minimum Gasteiger partial charge on any atom is -0.497 e. The highest BCUT2D eigenvalue weighted by Gasteiger charge is 2.12. The molecule has 116 valence electrons. The molecule has 24 heavy (non-hydrogen) atoms. The lowest BCUT2D eigenvalue weighted by Gasteiger charge is -2.03. The largest absolute Gasteiger partial charge is 0.497 e. The first kappa shape index (κ1) is 15.5. The van der Waals surface area contributed by atoms with Crippen molar-refractivity contribution in [2.75, 3.05) is 7.11 Å². The van der Waals surface area contributed by atoms with Crippen LogP contribution in [0.5, 0.6) is 5.75 Å². The number of hydrogen-bond acceptors (Lipinski definition) is 3. The van der Waals surface area contributed by atoms with Crippen LogP contribution < -0.4 is 4.74 Å². The smallest absolute Gasteiger partial charge is 0.203 e. The van der Waals surface area contributed by atoms with Gasteiger partial charge < -0.3 is 4.74 Å². The van der Waals surface area contributed by atoms with Crippen molar-refractivity contribution in [2.45, 2.75) is 0 Å². The van der Waals surface area contributed by atoms with Gasteiger partial charge in [-0.2, -0.15) is 5.26 Å². The molecular weight excluding hydrogens is 298 g/mol. The van der Waals surface area contributed by atoms with Gasteiger partial charge in [0, 0.05) is 5.56 Å². The Morgan fingerprint density at radius 3 is 2.38 bits per heavy atom. The van der Waals surface area contributed by atoms with E-state index in [2.05, 4.69) is 0 Å². The number of hydrogen-bond donors (Lipinski definition) is 0. The summed E-state index contributed by atoms with van der Waals surface area (Å²) in [4.78, 5) is 12.5. The van der Waals surface area contributed by atoms with Gasteiger partial charge in [-0.1, -0.05) is 36.4 Å². The number of allylic oxidation sites excluding steroid dienone is 1. The summed E-state index contributed by atoms with van der Waals surface area (Å²) in [6.07, 6.45) is 1.62. The molecule has 0 fully saturated rings. The van der Waals surface area contributed by atoms with Gasteiger partial charge >= 0.3 is 0 Å². The molecule has 0 aliphatic rings. The topological polar surface area (TPSA) is 50.1 Å². The number of carbonyl (C=O) groups is 1. The van der Waals surface area contributed by atoms with Crippen LogP contribution in [-0.4, -0.2) is 12.9 Å². The highest BCUT2D eigenvalue weighted by Crippen LogP contribution is 2.19. The Labute approximate surface area is 140 Å². The Morgan fingerprint density at radius 1 is 1.00 bits per heavy atom. The zero-order valence-corrected chi connectivity index (χ0v) is 13.2. The third-order valence-electron chi connectivity index (χ3n) is 3.80. The number of ether oxygens (including phenoxy) is 1. The molecule has 3 heteroatoms. The first-order chi connectivity index (χ1) is 11.7. The highest BCUT2D eigenvalue weighted by molar-refractivity contribution is 6.14. The fraction of sp³-hybridized carbons (Fsp3) is 0.0476. The average molecular weight is 313 g/mol. The fourth-order valence-electron chi connectivity index (χ4n) is 2.51. The third-order valence-corrected chi connectivity index (χ3v) is 3.80. The van der Waals surface area contributed by atoms with Crippen LogP contribution in [0.4, 0.5) is 0 Å². The van der Waals surface area contributed by atoms with Gasteiger partial charge in [0.25, 0.3) is 0 Å². The Balaban J connectivity index is 1.95. The predicted molar refractivity (Wildman–Crippen MR) is 94.9 cm³/mol. The molecule has 0 aromatic heterocycles. The number of benzene rings is 3. The van der Waals surface area contributed by atoms with Crippen LogP contribution in [0.15, 0.2) is 72.3 Å². The van der Waals surface area contributed by atoms with E-state index < -0.39 is 0 Å². The van der Waals surface area contributed by atoms with E-state index in [1.807, 2.05) is 48.5 Å². The molecule has 0 radical (unpaired) electrons. The van der Waals surface area contributed by atoms with E-state index in [1.54, 1.807) is 37.5 Å². The Hall–Kier alpha value is -3.38. The molecule has 0 N–H and O–H groups in total. The van der Waals surface area contributed by atoms with Gasteiger partial charge in [-0.15, -0.1) is 0 Å². The first-order valence-electron chi connectivity index (χ1n) is 7.50. The summed E-state index contributed by atoms with van der Waals surface area (Å²) in [5, 5.41) is 11.6. The van der Waals surface area contributed by atoms with Gasteiger partial charge in [0.05, 0.1) is 7.11 Å². The maximum Gasteiger partial charge on any atom is 0.203 e. The molecule has 0 bridgehead atoms. The fourth-order valence-corrected chi connectivity index (χ4v) is 2.51. The Morgan fingerprint density at radius 2 is 1.71 bits per heavy atom. The van der Waals surface area contributed by atoms with Crippen LogP contribution in [0.25, 0.3) is 16.8 Å². The standard InChI is InChI=1S/C21H15NO2/c1-24-20-10-8-17(9-11-20)21(23)19(14-22)13-15-6-7-16-4-2-3-5-18(16)12-15/h2-13H,1H3/b19-13+. The van der Waals surface area contributed by atoms with Crippen LogP contribution >= 0.6 is 0 Å². The molecule has 0 aliphatic heterocycles. The summed E-state index contributed by atoms with van der Waals surface area (Å²) in [5.74, 6) is 0.372. The number of nitriles is 1. The Kier molecular flexibility index (Phi) is 4.40. The second-order valence-electron chi connectivity index (χ2n) is 5.33. The molecule has 0 atom stereocenters. The first-order valence-corrected chi connectivity index (χ1v) is 7.50. The maximum absolute atomic E-state index is 12.5. The van der Waals surface area contributed by atoms with E-state index in [0.717, 1.165) is 16.3 Å². The van der Waals surface area contributed by atoms with Crippen molar-refractivity contribution in [1.29, 1.82) is 5.26 Å². The van der Waals surface area contributed by atoms with Crippen molar-refractivity contribution in [1.82, 2.24) is 0 Å². The molecular formula is C21H15NO2. The van der Waals surface area contributed by atoms with Gasteiger partial charge in [-0.25, -0.2) is 0 Å². The number of rotatable bonds is 4.